The number of halogens is 2. The van der Waals surface area contributed by atoms with Gasteiger partial charge in [-0.3, -0.25) is 14.5 Å². The third kappa shape index (κ3) is 5.16. The number of aromatic nitrogens is 1. The monoisotopic (exact) mass is 423 g/mol. The number of esters is 1. The standard InChI is InChI=1S/C20H23F2N3O3S/c1-3-28-19(27)14-5-4-8-25(10-14)12(2)18(26)24-20-23-17(11-29-20)13-6-7-15(21)16(22)9-13/h6-7,9,11-12,14H,3-5,8,10H2,1-2H3,(H,23,24,26)/t12-,14+/m1/s1. The first-order valence-corrected chi connectivity index (χ1v) is 10.4. The number of likely N-dealkylation sites (tertiary alicyclic amines) is 1. The van der Waals surface area contributed by atoms with Crippen LogP contribution in [-0.2, 0) is 14.3 Å². The Labute approximate surface area is 171 Å². The van der Waals surface area contributed by atoms with Crippen LogP contribution in [0.15, 0.2) is 23.6 Å². The van der Waals surface area contributed by atoms with Crippen LogP contribution in [0.2, 0.25) is 0 Å². The number of thiazole rings is 1. The third-order valence-electron chi connectivity index (χ3n) is 4.95. The highest BCUT2D eigenvalue weighted by Crippen LogP contribution is 2.27. The molecule has 1 aromatic carbocycles. The maximum atomic E-state index is 13.4. The number of nitrogens with zero attached hydrogens (tertiary/aromatic N) is 2. The molecule has 0 radical (unpaired) electrons. The first-order chi connectivity index (χ1) is 13.9. The molecule has 1 aliphatic heterocycles. The van der Waals surface area contributed by atoms with Crippen molar-refractivity contribution in [1.29, 1.82) is 0 Å². The Bertz CT molecular complexity index is 890. The molecule has 0 bridgehead atoms. The van der Waals surface area contributed by atoms with Gasteiger partial charge < -0.3 is 10.1 Å². The van der Waals surface area contributed by atoms with E-state index in [2.05, 4.69) is 10.3 Å². The summed E-state index contributed by atoms with van der Waals surface area (Å²) >= 11 is 1.21. The molecule has 1 saturated heterocycles. The smallest absolute Gasteiger partial charge is 0.310 e. The Morgan fingerprint density at radius 3 is 2.90 bits per heavy atom. The summed E-state index contributed by atoms with van der Waals surface area (Å²) in [5.41, 5.74) is 0.888. The zero-order chi connectivity index (χ0) is 21.0. The van der Waals surface area contributed by atoms with Crippen LogP contribution in [0.1, 0.15) is 26.7 Å². The van der Waals surface area contributed by atoms with Gasteiger partial charge in [-0.25, -0.2) is 13.8 Å². The van der Waals surface area contributed by atoms with Crippen molar-refractivity contribution in [3.8, 4) is 11.3 Å². The van der Waals surface area contributed by atoms with E-state index in [1.54, 1.807) is 19.2 Å². The summed E-state index contributed by atoms with van der Waals surface area (Å²) in [4.78, 5) is 30.9. The summed E-state index contributed by atoms with van der Waals surface area (Å²) < 4.78 is 31.6. The number of benzene rings is 1. The average Bonchev–Trinajstić information content (AvgIpc) is 3.18. The number of anilines is 1. The van der Waals surface area contributed by atoms with E-state index in [-0.39, 0.29) is 17.8 Å². The summed E-state index contributed by atoms with van der Waals surface area (Å²) in [5, 5.41) is 4.81. The van der Waals surface area contributed by atoms with Crippen LogP contribution in [0.25, 0.3) is 11.3 Å². The number of ether oxygens (including phenoxy) is 1. The molecule has 1 fully saturated rings. The van der Waals surface area contributed by atoms with Crippen molar-refractivity contribution in [2.45, 2.75) is 32.7 Å². The first kappa shape index (κ1) is 21.3. The van der Waals surface area contributed by atoms with Crippen LogP contribution in [0.4, 0.5) is 13.9 Å². The Morgan fingerprint density at radius 1 is 1.38 bits per heavy atom. The molecular weight excluding hydrogens is 400 g/mol. The van der Waals surface area contributed by atoms with Gasteiger partial charge in [-0.2, -0.15) is 0 Å². The molecule has 1 aromatic heterocycles. The van der Waals surface area contributed by atoms with E-state index in [0.717, 1.165) is 31.5 Å². The van der Waals surface area contributed by atoms with Gasteiger partial charge in [-0.05, 0) is 51.4 Å². The van der Waals surface area contributed by atoms with E-state index in [1.165, 1.54) is 17.4 Å². The molecule has 0 spiro atoms. The molecule has 2 atom stereocenters. The van der Waals surface area contributed by atoms with Crippen molar-refractivity contribution in [1.82, 2.24) is 9.88 Å². The highest BCUT2D eigenvalue weighted by Gasteiger charge is 2.31. The van der Waals surface area contributed by atoms with Gasteiger partial charge in [0.05, 0.1) is 24.3 Å². The van der Waals surface area contributed by atoms with Gasteiger partial charge in [0.2, 0.25) is 5.91 Å². The maximum Gasteiger partial charge on any atom is 0.310 e. The van der Waals surface area contributed by atoms with Gasteiger partial charge in [0.25, 0.3) is 0 Å². The van der Waals surface area contributed by atoms with E-state index < -0.39 is 17.7 Å². The number of carbonyl (C=O) groups excluding carboxylic acids is 2. The van der Waals surface area contributed by atoms with Crippen LogP contribution in [0, 0.1) is 17.6 Å². The lowest BCUT2D eigenvalue weighted by Gasteiger charge is -2.34. The minimum atomic E-state index is -0.948. The predicted octanol–water partition coefficient (Wildman–Crippen LogP) is 3.69. The van der Waals surface area contributed by atoms with Crippen LogP contribution >= 0.6 is 11.3 Å². The number of hydrogen-bond donors (Lipinski definition) is 1. The van der Waals surface area contributed by atoms with Gasteiger partial charge in [-0.15, -0.1) is 11.3 Å². The first-order valence-electron chi connectivity index (χ1n) is 9.51. The van der Waals surface area contributed by atoms with E-state index in [1.807, 2.05) is 4.90 Å². The molecule has 3 rings (SSSR count). The molecule has 6 nitrogen and oxygen atoms in total. The van der Waals surface area contributed by atoms with Gasteiger partial charge in [-0.1, -0.05) is 0 Å². The number of amides is 1. The summed E-state index contributed by atoms with van der Waals surface area (Å²) in [6, 6.07) is 3.11. The minimum absolute atomic E-state index is 0.221. The molecule has 156 valence electrons. The molecule has 1 aliphatic rings. The predicted molar refractivity (Wildman–Crippen MR) is 106 cm³/mol. The fraction of sp³-hybridized carbons (Fsp3) is 0.450. The lowest BCUT2D eigenvalue weighted by Crippen LogP contribution is -2.48. The van der Waals surface area contributed by atoms with E-state index >= 15 is 0 Å². The van der Waals surface area contributed by atoms with Crippen LogP contribution in [0.3, 0.4) is 0 Å². The summed E-state index contributed by atoms with van der Waals surface area (Å²) in [6.45, 7) is 5.10. The second-order valence-corrected chi connectivity index (χ2v) is 7.78. The molecule has 0 saturated carbocycles. The summed E-state index contributed by atoms with van der Waals surface area (Å²) in [6.07, 6.45) is 1.58. The second kappa shape index (κ2) is 9.41. The summed E-state index contributed by atoms with van der Waals surface area (Å²) in [7, 11) is 0. The van der Waals surface area contributed by atoms with Crippen molar-refractivity contribution in [3.05, 3.63) is 35.2 Å². The Kier molecular flexibility index (Phi) is 6.92. The lowest BCUT2D eigenvalue weighted by molar-refractivity contribution is -0.150. The van der Waals surface area contributed by atoms with Crippen molar-refractivity contribution in [2.75, 3.05) is 25.0 Å². The normalized spacial score (nSPS) is 18.3. The van der Waals surface area contributed by atoms with E-state index in [0.29, 0.717) is 29.5 Å². The Hall–Kier alpha value is -2.39. The van der Waals surface area contributed by atoms with Crippen molar-refractivity contribution in [2.24, 2.45) is 5.92 Å². The molecule has 0 aliphatic carbocycles. The second-order valence-electron chi connectivity index (χ2n) is 6.92. The van der Waals surface area contributed by atoms with Gasteiger partial charge in [0.1, 0.15) is 0 Å². The van der Waals surface area contributed by atoms with Crippen molar-refractivity contribution >= 4 is 28.3 Å². The SMILES string of the molecule is CCOC(=O)[C@H]1CCCN([C@H](C)C(=O)Nc2nc(-c3ccc(F)c(F)c3)cs2)C1. The number of hydrogen-bond acceptors (Lipinski definition) is 6. The molecule has 29 heavy (non-hydrogen) atoms. The topological polar surface area (TPSA) is 71.5 Å². The van der Waals surface area contributed by atoms with Gasteiger partial charge >= 0.3 is 5.97 Å². The fourth-order valence-corrected chi connectivity index (χ4v) is 4.03. The molecule has 9 heteroatoms. The molecule has 1 N–H and O–H groups in total. The zero-order valence-electron chi connectivity index (χ0n) is 16.3. The van der Waals surface area contributed by atoms with Crippen LogP contribution in [0.5, 0.6) is 0 Å². The number of nitrogens with one attached hydrogen (secondary N) is 1. The largest absolute Gasteiger partial charge is 0.466 e. The van der Waals surface area contributed by atoms with Crippen molar-refractivity contribution < 1.29 is 23.1 Å². The van der Waals surface area contributed by atoms with Crippen molar-refractivity contribution in [3.63, 3.8) is 0 Å². The Balaban J connectivity index is 1.62. The maximum absolute atomic E-state index is 13.4. The molecule has 2 heterocycles. The molecule has 0 unspecified atom stereocenters. The molecular formula is C20H23F2N3O3S. The van der Waals surface area contributed by atoms with Crippen LogP contribution < -0.4 is 5.32 Å². The third-order valence-corrected chi connectivity index (χ3v) is 5.71. The van der Waals surface area contributed by atoms with Gasteiger partial charge in [0, 0.05) is 17.5 Å². The summed E-state index contributed by atoms with van der Waals surface area (Å²) in [5.74, 6) is -2.55. The lowest BCUT2D eigenvalue weighted by atomic mass is 9.97. The number of carbonyl (C=O) groups is 2. The molecule has 2 aromatic rings. The quantitative estimate of drug-likeness (QED) is 0.718. The zero-order valence-corrected chi connectivity index (χ0v) is 17.1. The molecule has 1 amide bonds. The number of rotatable bonds is 6. The van der Waals surface area contributed by atoms with E-state index in [9.17, 15) is 18.4 Å². The Morgan fingerprint density at radius 2 is 2.17 bits per heavy atom. The number of piperidine rings is 1. The van der Waals surface area contributed by atoms with Crippen LogP contribution in [-0.4, -0.2) is 47.5 Å². The minimum Gasteiger partial charge on any atom is -0.466 e. The van der Waals surface area contributed by atoms with Gasteiger partial charge in [0.15, 0.2) is 16.8 Å². The fourth-order valence-electron chi connectivity index (χ4n) is 3.31. The highest BCUT2D eigenvalue weighted by molar-refractivity contribution is 7.14. The van der Waals surface area contributed by atoms with E-state index in [4.69, 9.17) is 4.74 Å². The highest BCUT2D eigenvalue weighted by atomic mass is 32.1. The average molecular weight is 423 g/mol.